The Morgan fingerprint density at radius 3 is 2.36 bits per heavy atom. The van der Waals surface area contributed by atoms with Crippen molar-refractivity contribution in [1.82, 2.24) is 20.0 Å². The minimum Gasteiger partial charge on any atom is -0.368 e. The molecule has 28 heavy (non-hydrogen) atoms. The van der Waals surface area contributed by atoms with Gasteiger partial charge in [0.1, 0.15) is 0 Å². The molecule has 0 atom stereocenters. The maximum Gasteiger partial charge on any atom is 0.435 e. The molecule has 0 radical (unpaired) electrons. The highest BCUT2D eigenvalue weighted by atomic mass is 127. The molecule has 3 rings (SSSR count). The normalized spacial score (nSPS) is 15.4. The zero-order valence-corrected chi connectivity index (χ0v) is 18.1. The fourth-order valence-corrected chi connectivity index (χ4v) is 3.23. The van der Waals surface area contributed by atoms with Crippen molar-refractivity contribution in [2.75, 3.05) is 38.1 Å². The number of aromatic nitrogens is 2. The van der Waals surface area contributed by atoms with Crippen LogP contribution in [0.1, 0.15) is 11.3 Å². The molecule has 1 aliphatic heterocycles. The molecule has 10 heteroatoms. The Morgan fingerprint density at radius 2 is 1.79 bits per heavy atom. The molecule has 1 aromatic heterocycles. The molecular weight excluding hydrogens is 484 g/mol. The zero-order chi connectivity index (χ0) is 19.4. The summed E-state index contributed by atoms with van der Waals surface area (Å²) in [5.41, 5.74) is 0.418. The van der Waals surface area contributed by atoms with Gasteiger partial charge in [0.05, 0.1) is 0 Å². The van der Waals surface area contributed by atoms with E-state index < -0.39 is 11.9 Å². The minimum atomic E-state index is -4.47. The summed E-state index contributed by atoms with van der Waals surface area (Å²) in [6, 6.07) is 10.1. The first kappa shape index (κ1) is 22.3. The van der Waals surface area contributed by atoms with Gasteiger partial charge in [0.2, 0.25) is 0 Å². The van der Waals surface area contributed by atoms with Crippen LogP contribution in [0.2, 0.25) is 0 Å². The monoisotopic (exact) mass is 508 g/mol. The fraction of sp³-hybridized carbons (Fsp3) is 0.444. The summed E-state index contributed by atoms with van der Waals surface area (Å²) in [6.07, 6.45) is -3.08. The second-order valence-corrected chi connectivity index (χ2v) is 6.38. The molecule has 1 aromatic carbocycles. The van der Waals surface area contributed by atoms with Crippen molar-refractivity contribution in [2.24, 2.45) is 12.0 Å². The van der Waals surface area contributed by atoms with Gasteiger partial charge in [-0.1, -0.05) is 18.2 Å². The van der Waals surface area contributed by atoms with Gasteiger partial charge in [-0.25, -0.2) is 0 Å². The number of anilines is 1. The maximum absolute atomic E-state index is 13.1. The summed E-state index contributed by atoms with van der Waals surface area (Å²) in [4.78, 5) is 8.57. The lowest BCUT2D eigenvalue weighted by Crippen LogP contribution is -2.52. The summed E-state index contributed by atoms with van der Waals surface area (Å²) >= 11 is 0. The molecular formula is C18H24F3IN6. The highest BCUT2D eigenvalue weighted by Gasteiger charge is 2.36. The Labute approximate surface area is 179 Å². The van der Waals surface area contributed by atoms with Crippen molar-refractivity contribution in [1.29, 1.82) is 0 Å². The zero-order valence-electron chi connectivity index (χ0n) is 15.8. The largest absolute Gasteiger partial charge is 0.435 e. The van der Waals surface area contributed by atoms with E-state index in [2.05, 4.69) is 37.3 Å². The van der Waals surface area contributed by atoms with Gasteiger partial charge in [0, 0.05) is 64.3 Å². The molecule has 2 aromatic rings. The Morgan fingerprint density at radius 1 is 1.14 bits per heavy atom. The second-order valence-electron chi connectivity index (χ2n) is 6.38. The van der Waals surface area contributed by atoms with E-state index in [1.54, 1.807) is 7.05 Å². The minimum absolute atomic E-state index is 0. The Kier molecular flexibility index (Phi) is 7.55. The molecule has 1 N–H and O–H groups in total. The van der Waals surface area contributed by atoms with Crippen LogP contribution in [0, 0.1) is 0 Å². The SMILES string of the molecule is CN=C(NCc1cn(C)nc1C(F)(F)F)N1CCN(c2ccccc2)CC1.I. The van der Waals surface area contributed by atoms with Crippen molar-refractivity contribution in [3.63, 3.8) is 0 Å². The number of halogens is 4. The number of para-hydroxylation sites is 1. The smallest absolute Gasteiger partial charge is 0.368 e. The maximum atomic E-state index is 13.1. The third-order valence-corrected chi connectivity index (χ3v) is 4.52. The number of nitrogens with zero attached hydrogens (tertiary/aromatic N) is 5. The summed E-state index contributed by atoms with van der Waals surface area (Å²) in [5.74, 6) is 0.597. The number of hydrogen-bond donors (Lipinski definition) is 1. The van der Waals surface area contributed by atoms with Gasteiger partial charge in [0.25, 0.3) is 0 Å². The van der Waals surface area contributed by atoms with Crippen molar-refractivity contribution in [3.05, 3.63) is 47.8 Å². The topological polar surface area (TPSA) is 48.7 Å². The van der Waals surface area contributed by atoms with Crippen molar-refractivity contribution in [2.45, 2.75) is 12.7 Å². The lowest BCUT2D eigenvalue weighted by atomic mass is 10.2. The molecule has 1 saturated heterocycles. The van der Waals surface area contributed by atoms with E-state index in [-0.39, 0.29) is 36.1 Å². The number of aliphatic imine (C=N–C) groups is 1. The quantitative estimate of drug-likeness (QED) is 0.394. The number of guanidine groups is 1. The average molecular weight is 508 g/mol. The summed E-state index contributed by atoms with van der Waals surface area (Å²) in [6.45, 7) is 3.16. The van der Waals surface area contributed by atoms with Crippen LogP contribution >= 0.6 is 24.0 Å². The van der Waals surface area contributed by atoms with Crippen LogP contribution in [0.5, 0.6) is 0 Å². The molecule has 1 aliphatic rings. The van der Waals surface area contributed by atoms with Gasteiger partial charge in [0.15, 0.2) is 11.7 Å². The molecule has 2 heterocycles. The summed E-state index contributed by atoms with van der Waals surface area (Å²) in [7, 11) is 3.12. The van der Waals surface area contributed by atoms with E-state index in [0.717, 1.165) is 26.2 Å². The average Bonchev–Trinajstić information content (AvgIpc) is 3.05. The van der Waals surface area contributed by atoms with Gasteiger partial charge in [-0.15, -0.1) is 24.0 Å². The number of nitrogens with one attached hydrogen (secondary N) is 1. The number of alkyl halides is 3. The van der Waals surface area contributed by atoms with Crippen LogP contribution < -0.4 is 10.2 Å². The second kappa shape index (κ2) is 9.48. The van der Waals surface area contributed by atoms with E-state index in [1.807, 2.05) is 18.2 Å². The first-order chi connectivity index (χ1) is 12.9. The molecule has 0 amide bonds. The number of piperazine rings is 1. The number of hydrogen-bond acceptors (Lipinski definition) is 3. The molecule has 154 valence electrons. The van der Waals surface area contributed by atoms with Crippen molar-refractivity contribution in [3.8, 4) is 0 Å². The van der Waals surface area contributed by atoms with Crippen molar-refractivity contribution < 1.29 is 13.2 Å². The Hall–Kier alpha value is -1.98. The molecule has 0 saturated carbocycles. The third-order valence-electron chi connectivity index (χ3n) is 4.52. The molecule has 0 bridgehead atoms. The first-order valence-electron chi connectivity index (χ1n) is 8.74. The standard InChI is InChI=1S/C18H23F3N6.HI/c1-22-17(23-12-14-13-25(2)24-16(14)18(19,20)21)27-10-8-26(9-11-27)15-6-4-3-5-7-15;/h3-7,13H,8-12H2,1-2H3,(H,22,23);1H. The van der Waals surface area contributed by atoms with Gasteiger partial charge in [-0.2, -0.15) is 18.3 Å². The van der Waals surface area contributed by atoms with Crippen LogP contribution in [0.15, 0.2) is 41.5 Å². The lowest BCUT2D eigenvalue weighted by molar-refractivity contribution is -0.142. The van der Waals surface area contributed by atoms with E-state index in [0.29, 0.717) is 5.96 Å². The molecule has 0 unspecified atom stereocenters. The molecule has 6 nitrogen and oxygen atoms in total. The van der Waals surface area contributed by atoms with Crippen LogP contribution in [0.4, 0.5) is 18.9 Å². The number of rotatable bonds is 3. The van der Waals surface area contributed by atoms with Crippen LogP contribution in [0.3, 0.4) is 0 Å². The highest BCUT2D eigenvalue weighted by Crippen LogP contribution is 2.30. The van der Waals surface area contributed by atoms with Gasteiger partial charge in [-0.05, 0) is 12.1 Å². The summed E-state index contributed by atoms with van der Waals surface area (Å²) < 4.78 is 40.4. The van der Waals surface area contributed by atoms with Crippen LogP contribution in [-0.4, -0.2) is 53.9 Å². The van der Waals surface area contributed by atoms with Gasteiger partial charge in [-0.3, -0.25) is 9.67 Å². The highest BCUT2D eigenvalue weighted by molar-refractivity contribution is 14.0. The summed E-state index contributed by atoms with van der Waals surface area (Å²) in [5, 5.41) is 6.57. The first-order valence-corrected chi connectivity index (χ1v) is 8.74. The Bertz CT molecular complexity index is 782. The van der Waals surface area contributed by atoms with Gasteiger partial charge >= 0.3 is 6.18 Å². The lowest BCUT2D eigenvalue weighted by Gasteiger charge is -2.37. The Balaban J connectivity index is 0.00000280. The van der Waals surface area contributed by atoms with E-state index in [9.17, 15) is 13.2 Å². The fourth-order valence-electron chi connectivity index (χ4n) is 3.23. The van der Waals surface area contributed by atoms with Crippen LogP contribution in [-0.2, 0) is 19.8 Å². The van der Waals surface area contributed by atoms with E-state index in [4.69, 9.17) is 0 Å². The third kappa shape index (κ3) is 5.30. The molecule has 0 spiro atoms. The van der Waals surface area contributed by atoms with E-state index in [1.165, 1.54) is 23.6 Å². The van der Waals surface area contributed by atoms with Gasteiger partial charge < -0.3 is 15.1 Å². The van der Waals surface area contributed by atoms with Crippen LogP contribution in [0.25, 0.3) is 0 Å². The predicted molar refractivity (Wildman–Crippen MR) is 114 cm³/mol. The number of benzene rings is 1. The predicted octanol–water partition coefficient (Wildman–Crippen LogP) is 2.95. The van der Waals surface area contributed by atoms with E-state index >= 15 is 0 Å². The number of aryl methyl sites for hydroxylation is 1. The van der Waals surface area contributed by atoms with Crippen molar-refractivity contribution >= 4 is 35.6 Å². The molecule has 0 aliphatic carbocycles. The molecule has 1 fully saturated rings.